The molecule has 0 aliphatic rings. The number of benzene rings is 1. The largest absolute Gasteiger partial charge is 0.324 e. The van der Waals surface area contributed by atoms with Gasteiger partial charge in [0.1, 0.15) is 5.41 Å². The lowest BCUT2D eigenvalue weighted by Gasteiger charge is -2.22. The Labute approximate surface area is 115 Å². The lowest BCUT2D eigenvalue weighted by atomic mass is 9.86. The van der Waals surface area contributed by atoms with E-state index >= 15 is 0 Å². The fourth-order valence-corrected chi connectivity index (χ4v) is 1.55. The van der Waals surface area contributed by atoms with Crippen LogP contribution in [0.15, 0.2) is 18.2 Å². The SMILES string of the molecule is Cc1ccc(C(C)(C)C)cc1NC(=O)C(C)(C)C#N. The molecule has 1 rings (SSSR count). The molecule has 0 aliphatic carbocycles. The number of nitriles is 1. The average Bonchev–Trinajstić information content (AvgIpc) is 2.30. The molecule has 1 aromatic rings. The molecule has 0 bridgehead atoms. The fraction of sp³-hybridized carbons (Fsp3) is 0.500. The van der Waals surface area contributed by atoms with E-state index in [1.807, 2.05) is 25.1 Å². The van der Waals surface area contributed by atoms with Crippen LogP contribution in [0.25, 0.3) is 0 Å². The van der Waals surface area contributed by atoms with Gasteiger partial charge in [-0.3, -0.25) is 4.79 Å². The maximum Gasteiger partial charge on any atom is 0.244 e. The van der Waals surface area contributed by atoms with Crippen molar-refractivity contribution in [2.24, 2.45) is 5.41 Å². The van der Waals surface area contributed by atoms with Gasteiger partial charge in [0.05, 0.1) is 6.07 Å². The van der Waals surface area contributed by atoms with Crippen molar-refractivity contribution in [1.29, 1.82) is 5.26 Å². The second-order valence-corrected chi connectivity index (χ2v) is 6.47. The number of aryl methyl sites for hydroxylation is 1. The first-order valence-corrected chi connectivity index (χ1v) is 6.42. The molecule has 0 aliphatic heterocycles. The molecule has 3 nitrogen and oxygen atoms in total. The third kappa shape index (κ3) is 3.57. The van der Waals surface area contributed by atoms with E-state index in [0.29, 0.717) is 0 Å². The predicted molar refractivity (Wildman–Crippen MR) is 77.9 cm³/mol. The highest BCUT2D eigenvalue weighted by molar-refractivity contribution is 5.97. The van der Waals surface area contributed by atoms with Gasteiger partial charge in [-0.05, 0) is 43.4 Å². The van der Waals surface area contributed by atoms with Crippen molar-refractivity contribution in [1.82, 2.24) is 0 Å². The van der Waals surface area contributed by atoms with Crippen LogP contribution in [0.5, 0.6) is 0 Å². The van der Waals surface area contributed by atoms with Gasteiger partial charge in [0.25, 0.3) is 0 Å². The summed E-state index contributed by atoms with van der Waals surface area (Å²) in [4.78, 5) is 12.0. The summed E-state index contributed by atoms with van der Waals surface area (Å²) in [7, 11) is 0. The highest BCUT2D eigenvalue weighted by Crippen LogP contribution is 2.28. The third-order valence-electron chi connectivity index (χ3n) is 3.20. The standard InChI is InChI=1S/C16H22N2O/c1-11-7-8-12(15(2,3)4)9-13(11)18-14(19)16(5,6)10-17/h7-9H,1-6H3,(H,18,19). The summed E-state index contributed by atoms with van der Waals surface area (Å²) in [6.45, 7) is 11.6. The second-order valence-electron chi connectivity index (χ2n) is 6.47. The van der Waals surface area contributed by atoms with E-state index in [0.717, 1.165) is 16.8 Å². The summed E-state index contributed by atoms with van der Waals surface area (Å²) in [5.74, 6) is -0.274. The van der Waals surface area contributed by atoms with Gasteiger partial charge in [0.2, 0.25) is 5.91 Å². The van der Waals surface area contributed by atoms with Gasteiger partial charge >= 0.3 is 0 Å². The maximum atomic E-state index is 12.0. The first-order valence-electron chi connectivity index (χ1n) is 6.42. The Balaban J connectivity index is 3.09. The van der Waals surface area contributed by atoms with Crippen molar-refractivity contribution in [2.45, 2.75) is 47.0 Å². The molecule has 0 heterocycles. The van der Waals surface area contributed by atoms with Crippen molar-refractivity contribution in [3.63, 3.8) is 0 Å². The summed E-state index contributed by atoms with van der Waals surface area (Å²) in [6.07, 6.45) is 0. The number of carbonyl (C=O) groups is 1. The van der Waals surface area contributed by atoms with Gasteiger partial charge in [-0.2, -0.15) is 5.26 Å². The quantitative estimate of drug-likeness (QED) is 0.877. The number of nitrogens with zero attached hydrogens (tertiary/aromatic N) is 1. The minimum atomic E-state index is -1.02. The summed E-state index contributed by atoms with van der Waals surface area (Å²) >= 11 is 0. The Hall–Kier alpha value is -1.82. The van der Waals surface area contributed by atoms with Crippen molar-refractivity contribution in [3.8, 4) is 6.07 Å². The predicted octanol–water partition coefficient (Wildman–Crippen LogP) is 3.78. The van der Waals surface area contributed by atoms with Crippen molar-refractivity contribution >= 4 is 11.6 Å². The van der Waals surface area contributed by atoms with Crippen molar-refractivity contribution < 1.29 is 4.79 Å². The van der Waals surface area contributed by atoms with Gasteiger partial charge in [-0.25, -0.2) is 0 Å². The molecular weight excluding hydrogens is 236 g/mol. The molecular formula is C16H22N2O. The average molecular weight is 258 g/mol. The molecule has 3 heteroatoms. The van der Waals surface area contributed by atoms with Crippen LogP contribution < -0.4 is 5.32 Å². The van der Waals surface area contributed by atoms with Crippen LogP contribution in [0, 0.1) is 23.7 Å². The smallest absolute Gasteiger partial charge is 0.244 e. The molecule has 1 amide bonds. The number of nitrogens with one attached hydrogen (secondary N) is 1. The van der Waals surface area contributed by atoms with E-state index in [1.54, 1.807) is 13.8 Å². The minimum Gasteiger partial charge on any atom is -0.324 e. The van der Waals surface area contributed by atoms with E-state index in [4.69, 9.17) is 5.26 Å². The van der Waals surface area contributed by atoms with Crippen molar-refractivity contribution in [3.05, 3.63) is 29.3 Å². The monoisotopic (exact) mass is 258 g/mol. The molecule has 0 fully saturated rings. The van der Waals surface area contributed by atoms with Crippen LogP contribution >= 0.6 is 0 Å². The first-order chi connectivity index (χ1) is 8.58. The Bertz CT molecular complexity index is 531. The Morgan fingerprint density at radius 3 is 2.26 bits per heavy atom. The molecule has 0 unspecified atom stereocenters. The number of carbonyl (C=O) groups excluding carboxylic acids is 1. The number of anilines is 1. The molecule has 0 atom stereocenters. The lowest BCUT2D eigenvalue weighted by Crippen LogP contribution is -2.29. The lowest BCUT2D eigenvalue weighted by molar-refractivity contribution is -0.121. The zero-order valence-corrected chi connectivity index (χ0v) is 12.6. The van der Waals surface area contributed by atoms with Gasteiger partial charge < -0.3 is 5.32 Å². The second kappa shape index (κ2) is 5.05. The molecule has 0 radical (unpaired) electrons. The zero-order chi connectivity index (χ0) is 14.8. The molecule has 0 saturated heterocycles. The van der Waals surface area contributed by atoms with Crippen LogP contribution in [0.1, 0.15) is 45.7 Å². The molecule has 1 N–H and O–H groups in total. The molecule has 0 saturated carbocycles. The minimum absolute atomic E-state index is 0.0257. The molecule has 0 aromatic heterocycles. The van der Waals surface area contributed by atoms with Gasteiger partial charge in [0, 0.05) is 5.69 Å². The van der Waals surface area contributed by atoms with Gasteiger partial charge in [-0.15, -0.1) is 0 Å². The number of hydrogen-bond acceptors (Lipinski definition) is 2. The van der Waals surface area contributed by atoms with E-state index < -0.39 is 5.41 Å². The van der Waals surface area contributed by atoms with Crippen molar-refractivity contribution in [2.75, 3.05) is 5.32 Å². The van der Waals surface area contributed by atoms with E-state index in [9.17, 15) is 4.79 Å². The molecule has 19 heavy (non-hydrogen) atoms. The highest BCUT2D eigenvalue weighted by atomic mass is 16.2. The first kappa shape index (κ1) is 15.2. The van der Waals surface area contributed by atoms with Gasteiger partial charge in [0.15, 0.2) is 0 Å². The summed E-state index contributed by atoms with van der Waals surface area (Å²) in [6, 6.07) is 8.07. The number of rotatable bonds is 2. The highest BCUT2D eigenvalue weighted by Gasteiger charge is 2.27. The van der Waals surface area contributed by atoms with Crippen LogP contribution in [0.4, 0.5) is 5.69 Å². The summed E-state index contributed by atoms with van der Waals surface area (Å²) < 4.78 is 0. The fourth-order valence-electron chi connectivity index (χ4n) is 1.55. The molecule has 102 valence electrons. The van der Waals surface area contributed by atoms with Crippen LogP contribution in [0.2, 0.25) is 0 Å². The van der Waals surface area contributed by atoms with Crippen LogP contribution in [-0.4, -0.2) is 5.91 Å². The Morgan fingerprint density at radius 1 is 1.21 bits per heavy atom. The number of amides is 1. The topological polar surface area (TPSA) is 52.9 Å². The van der Waals surface area contributed by atoms with E-state index in [1.165, 1.54) is 0 Å². The Kier molecular flexibility index (Phi) is 4.05. The van der Waals surface area contributed by atoms with E-state index in [2.05, 4.69) is 32.2 Å². The normalized spacial score (nSPS) is 11.8. The van der Waals surface area contributed by atoms with Gasteiger partial charge in [-0.1, -0.05) is 32.9 Å². The van der Waals surface area contributed by atoms with E-state index in [-0.39, 0.29) is 11.3 Å². The van der Waals surface area contributed by atoms with Crippen LogP contribution in [-0.2, 0) is 10.2 Å². The molecule has 0 spiro atoms. The third-order valence-corrected chi connectivity index (χ3v) is 3.20. The Morgan fingerprint density at radius 2 is 1.79 bits per heavy atom. The molecule has 1 aromatic carbocycles. The zero-order valence-electron chi connectivity index (χ0n) is 12.6. The summed E-state index contributed by atoms with van der Waals surface area (Å²) in [5.41, 5.74) is 1.93. The summed E-state index contributed by atoms with van der Waals surface area (Å²) in [5, 5.41) is 11.8. The maximum absolute atomic E-state index is 12.0. The number of hydrogen-bond donors (Lipinski definition) is 1. The van der Waals surface area contributed by atoms with Crippen LogP contribution in [0.3, 0.4) is 0 Å².